The molecule has 3 N–H and O–H groups in total. The van der Waals surface area contributed by atoms with Crippen molar-refractivity contribution in [1.29, 1.82) is 0 Å². The number of rotatable bonds is 4. The highest BCUT2D eigenvalue weighted by atomic mass is 79.9. The summed E-state index contributed by atoms with van der Waals surface area (Å²) in [5.41, 5.74) is 6.93. The van der Waals surface area contributed by atoms with Gasteiger partial charge in [0.05, 0.1) is 15.5 Å². The minimum Gasteiger partial charge on any atom is -0.361 e. The molecular weight excluding hydrogens is 314 g/mol. The molecule has 1 aromatic carbocycles. The van der Waals surface area contributed by atoms with E-state index in [1.165, 1.54) is 0 Å². The van der Waals surface area contributed by atoms with Gasteiger partial charge in [-0.05, 0) is 27.6 Å². The van der Waals surface area contributed by atoms with E-state index < -0.39 is 0 Å². The SMILES string of the molecule is NCC(Nc1ncc(Cl)cc1Br)c1ccccc1. The van der Waals surface area contributed by atoms with E-state index in [2.05, 4.69) is 26.2 Å². The lowest BCUT2D eigenvalue weighted by atomic mass is 10.1. The lowest BCUT2D eigenvalue weighted by Crippen LogP contribution is -2.21. The van der Waals surface area contributed by atoms with Crippen LogP contribution in [0.3, 0.4) is 0 Å². The number of anilines is 1. The Hall–Kier alpha value is -1.10. The van der Waals surface area contributed by atoms with Gasteiger partial charge in [-0.1, -0.05) is 41.9 Å². The molecule has 0 radical (unpaired) electrons. The van der Waals surface area contributed by atoms with Crippen LogP contribution in [-0.4, -0.2) is 11.5 Å². The summed E-state index contributed by atoms with van der Waals surface area (Å²) < 4.78 is 0.824. The zero-order valence-electron chi connectivity index (χ0n) is 9.61. The highest BCUT2D eigenvalue weighted by molar-refractivity contribution is 9.10. The number of hydrogen-bond donors (Lipinski definition) is 2. The summed E-state index contributed by atoms with van der Waals surface area (Å²) in [5, 5.41) is 3.89. The predicted octanol–water partition coefficient (Wildman–Crippen LogP) is 3.61. The topological polar surface area (TPSA) is 50.9 Å². The average molecular weight is 327 g/mol. The van der Waals surface area contributed by atoms with Gasteiger partial charge in [0.2, 0.25) is 0 Å². The monoisotopic (exact) mass is 325 g/mol. The molecule has 0 bridgehead atoms. The van der Waals surface area contributed by atoms with Gasteiger partial charge < -0.3 is 11.1 Å². The molecule has 1 unspecified atom stereocenters. The second-order valence-corrected chi connectivity index (χ2v) is 5.12. The molecule has 0 aliphatic heterocycles. The van der Waals surface area contributed by atoms with Crippen LogP contribution in [0.4, 0.5) is 5.82 Å². The molecule has 0 aliphatic rings. The fraction of sp³-hybridized carbons (Fsp3) is 0.154. The molecule has 2 rings (SSSR count). The second-order valence-electron chi connectivity index (χ2n) is 3.83. The molecule has 18 heavy (non-hydrogen) atoms. The zero-order chi connectivity index (χ0) is 13.0. The molecule has 1 atom stereocenters. The van der Waals surface area contributed by atoms with Gasteiger partial charge in [0.25, 0.3) is 0 Å². The summed E-state index contributed by atoms with van der Waals surface area (Å²) in [5.74, 6) is 0.735. The van der Waals surface area contributed by atoms with Crippen LogP contribution in [-0.2, 0) is 0 Å². The quantitative estimate of drug-likeness (QED) is 0.902. The highest BCUT2D eigenvalue weighted by Gasteiger charge is 2.11. The van der Waals surface area contributed by atoms with Crippen molar-refractivity contribution >= 4 is 33.3 Å². The van der Waals surface area contributed by atoms with Crippen molar-refractivity contribution in [1.82, 2.24) is 4.98 Å². The third-order valence-electron chi connectivity index (χ3n) is 2.56. The molecule has 5 heteroatoms. The van der Waals surface area contributed by atoms with Crippen LogP contribution in [0, 0.1) is 0 Å². The van der Waals surface area contributed by atoms with Gasteiger partial charge in [-0.2, -0.15) is 0 Å². The summed E-state index contributed by atoms with van der Waals surface area (Å²) in [6.45, 7) is 0.487. The number of halogens is 2. The van der Waals surface area contributed by atoms with E-state index in [4.69, 9.17) is 17.3 Å². The van der Waals surface area contributed by atoms with Gasteiger partial charge in [0.1, 0.15) is 5.82 Å². The van der Waals surface area contributed by atoms with Crippen molar-refractivity contribution in [3.63, 3.8) is 0 Å². The van der Waals surface area contributed by atoms with Crippen LogP contribution in [0.5, 0.6) is 0 Å². The smallest absolute Gasteiger partial charge is 0.140 e. The molecule has 0 fully saturated rings. The van der Waals surface area contributed by atoms with Crippen LogP contribution in [0.1, 0.15) is 11.6 Å². The predicted molar refractivity (Wildman–Crippen MR) is 78.8 cm³/mol. The normalized spacial score (nSPS) is 12.2. The van der Waals surface area contributed by atoms with Crippen molar-refractivity contribution < 1.29 is 0 Å². The van der Waals surface area contributed by atoms with E-state index in [-0.39, 0.29) is 6.04 Å². The molecule has 1 heterocycles. The first kappa shape index (κ1) is 13.3. The summed E-state index contributed by atoms with van der Waals surface area (Å²) >= 11 is 9.29. The van der Waals surface area contributed by atoms with E-state index in [1.807, 2.05) is 30.3 Å². The number of hydrogen-bond acceptors (Lipinski definition) is 3. The second kappa shape index (κ2) is 6.18. The minimum absolute atomic E-state index is 0.0242. The molecule has 0 saturated carbocycles. The molecule has 0 saturated heterocycles. The average Bonchev–Trinajstić information content (AvgIpc) is 2.39. The molecule has 0 spiro atoms. The fourth-order valence-corrected chi connectivity index (χ4v) is 2.40. The van der Waals surface area contributed by atoms with E-state index in [9.17, 15) is 0 Å². The van der Waals surface area contributed by atoms with Crippen molar-refractivity contribution in [2.75, 3.05) is 11.9 Å². The fourth-order valence-electron chi connectivity index (χ4n) is 1.65. The molecule has 3 nitrogen and oxygen atoms in total. The van der Waals surface area contributed by atoms with E-state index in [1.54, 1.807) is 12.3 Å². The van der Waals surface area contributed by atoms with Crippen LogP contribution in [0.2, 0.25) is 5.02 Å². The number of nitrogens with one attached hydrogen (secondary N) is 1. The van der Waals surface area contributed by atoms with Gasteiger partial charge >= 0.3 is 0 Å². The number of aromatic nitrogens is 1. The summed E-state index contributed by atoms with van der Waals surface area (Å²) in [6, 6.07) is 11.9. The van der Waals surface area contributed by atoms with Crippen molar-refractivity contribution in [2.24, 2.45) is 5.73 Å². The Balaban J connectivity index is 2.21. The number of pyridine rings is 1. The maximum atomic E-state index is 5.86. The maximum absolute atomic E-state index is 5.86. The van der Waals surface area contributed by atoms with Crippen LogP contribution in [0.15, 0.2) is 47.1 Å². The number of nitrogens with zero attached hydrogens (tertiary/aromatic N) is 1. The third-order valence-corrected chi connectivity index (χ3v) is 3.37. The van der Waals surface area contributed by atoms with E-state index in [0.29, 0.717) is 11.6 Å². The minimum atomic E-state index is 0.0242. The third kappa shape index (κ3) is 3.22. The highest BCUT2D eigenvalue weighted by Crippen LogP contribution is 2.26. The van der Waals surface area contributed by atoms with Gasteiger partial charge in [-0.3, -0.25) is 0 Å². The summed E-state index contributed by atoms with van der Waals surface area (Å²) in [7, 11) is 0. The largest absolute Gasteiger partial charge is 0.361 e. The van der Waals surface area contributed by atoms with Gasteiger partial charge in [0, 0.05) is 12.7 Å². The van der Waals surface area contributed by atoms with Crippen LogP contribution >= 0.6 is 27.5 Å². The molecule has 94 valence electrons. The molecule has 0 aliphatic carbocycles. The number of benzene rings is 1. The summed E-state index contributed by atoms with van der Waals surface area (Å²) in [4.78, 5) is 4.25. The van der Waals surface area contributed by atoms with Gasteiger partial charge in [-0.15, -0.1) is 0 Å². The lowest BCUT2D eigenvalue weighted by molar-refractivity contribution is 0.783. The van der Waals surface area contributed by atoms with Crippen molar-refractivity contribution in [2.45, 2.75) is 6.04 Å². The Labute approximate surface area is 119 Å². The van der Waals surface area contributed by atoms with Gasteiger partial charge in [0.15, 0.2) is 0 Å². The lowest BCUT2D eigenvalue weighted by Gasteiger charge is -2.18. The Morgan fingerprint density at radius 1 is 1.33 bits per heavy atom. The van der Waals surface area contributed by atoms with Crippen LogP contribution < -0.4 is 11.1 Å². The number of nitrogens with two attached hydrogens (primary N) is 1. The Morgan fingerprint density at radius 2 is 2.06 bits per heavy atom. The standard InChI is InChI=1S/C13H13BrClN3/c14-11-6-10(15)8-17-13(11)18-12(7-16)9-4-2-1-3-5-9/h1-6,8,12H,7,16H2,(H,17,18). The van der Waals surface area contributed by atoms with Crippen molar-refractivity contribution in [3.8, 4) is 0 Å². The molecule has 2 aromatic rings. The Kier molecular flexibility index (Phi) is 4.58. The summed E-state index contributed by atoms with van der Waals surface area (Å²) in [6.07, 6.45) is 1.60. The molecular formula is C13H13BrClN3. The zero-order valence-corrected chi connectivity index (χ0v) is 11.9. The van der Waals surface area contributed by atoms with Crippen molar-refractivity contribution in [3.05, 3.63) is 57.7 Å². The van der Waals surface area contributed by atoms with Crippen LogP contribution in [0.25, 0.3) is 0 Å². The molecule has 1 aromatic heterocycles. The van der Waals surface area contributed by atoms with E-state index in [0.717, 1.165) is 15.9 Å². The first-order chi connectivity index (χ1) is 8.70. The van der Waals surface area contributed by atoms with E-state index >= 15 is 0 Å². The van der Waals surface area contributed by atoms with Gasteiger partial charge in [-0.25, -0.2) is 4.98 Å². The first-order valence-electron chi connectivity index (χ1n) is 5.53. The molecule has 0 amide bonds. The Bertz CT molecular complexity index is 519. The Morgan fingerprint density at radius 3 is 2.67 bits per heavy atom. The first-order valence-corrected chi connectivity index (χ1v) is 6.70. The maximum Gasteiger partial charge on any atom is 0.140 e.